The Kier molecular flexibility index (Phi) is 11.4. The molecular formula is C45H64N4O4. The number of carbonyl (C=O) groups excluding carboxylic acids is 3. The Morgan fingerprint density at radius 2 is 1.51 bits per heavy atom. The van der Waals surface area contributed by atoms with E-state index in [4.69, 9.17) is 4.99 Å². The Hall–Kier alpha value is -3.94. The van der Waals surface area contributed by atoms with Crippen molar-refractivity contribution in [3.8, 4) is 0 Å². The molecule has 2 aliphatic carbocycles. The van der Waals surface area contributed by atoms with E-state index in [1.807, 2.05) is 38.1 Å². The van der Waals surface area contributed by atoms with Crippen LogP contribution in [0.1, 0.15) is 146 Å². The summed E-state index contributed by atoms with van der Waals surface area (Å²) in [4.78, 5) is 51.1. The molecule has 8 nitrogen and oxygen atoms in total. The zero-order valence-corrected chi connectivity index (χ0v) is 34.7. The van der Waals surface area contributed by atoms with Crippen LogP contribution in [0.15, 0.2) is 57.5 Å². The van der Waals surface area contributed by atoms with Gasteiger partial charge in [0.25, 0.3) is 0 Å². The number of aliphatic hydroxyl groups is 1. The molecule has 0 bridgehead atoms. The van der Waals surface area contributed by atoms with Crippen molar-refractivity contribution in [1.29, 1.82) is 0 Å². The van der Waals surface area contributed by atoms with Crippen LogP contribution in [0.4, 0.5) is 11.4 Å². The average molecular weight is 725 g/mol. The highest BCUT2D eigenvalue weighted by atomic mass is 16.3. The summed E-state index contributed by atoms with van der Waals surface area (Å²) in [5.74, 6) is -0.974. The number of aliphatic hydroxyl groups excluding tert-OH is 1. The maximum atomic E-state index is 14.6. The van der Waals surface area contributed by atoms with Crippen LogP contribution < -0.4 is 10.2 Å². The summed E-state index contributed by atoms with van der Waals surface area (Å²) in [5, 5.41) is 15.2. The third kappa shape index (κ3) is 6.84. The van der Waals surface area contributed by atoms with E-state index in [9.17, 15) is 19.5 Å². The van der Waals surface area contributed by atoms with E-state index in [1.165, 1.54) is 0 Å². The Morgan fingerprint density at radius 1 is 0.887 bits per heavy atom. The lowest BCUT2D eigenvalue weighted by molar-refractivity contribution is -0.122. The first kappa shape index (κ1) is 40.2. The number of likely N-dealkylation sites (tertiary alicyclic amines) is 1. The van der Waals surface area contributed by atoms with E-state index < -0.39 is 0 Å². The second-order valence-electron chi connectivity index (χ2n) is 17.4. The van der Waals surface area contributed by atoms with Crippen molar-refractivity contribution < 1.29 is 19.5 Å². The summed E-state index contributed by atoms with van der Waals surface area (Å²) in [5.41, 5.74) is 5.94. The largest absolute Gasteiger partial charge is 0.506 e. The molecular weight excluding hydrogens is 661 g/mol. The number of fused-ring (bicyclic) bond motifs is 2. The number of anilines is 2. The summed E-state index contributed by atoms with van der Waals surface area (Å²) < 4.78 is 0. The maximum absolute atomic E-state index is 14.6. The number of Topliss-reactive ketones (excluding diaryl/α,β-unsaturated/α-hetero) is 1. The van der Waals surface area contributed by atoms with Crippen molar-refractivity contribution in [2.45, 2.75) is 165 Å². The van der Waals surface area contributed by atoms with Gasteiger partial charge in [0.1, 0.15) is 5.76 Å². The number of nitrogens with one attached hydrogen (secondary N) is 1. The topological polar surface area (TPSA) is 102 Å². The zero-order chi connectivity index (χ0) is 39.3. The number of rotatable bonds is 12. The van der Waals surface area contributed by atoms with E-state index in [2.05, 4.69) is 91.3 Å². The molecule has 1 aromatic rings. The molecule has 2 aliphatic heterocycles. The second-order valence-corrected chi connectivity index (χ2v) is 17.4. The molecule has 0 radical (unpaired) electrons. The van der Waals surface area contributed by atoms with Crippen molar-refractivity contribution in [3.05, 3.63) is 63.6 Å². The molecule has 8 heteroatoms. The summed E-state index contributed by atoms with van der Waals surface area (Å²) in [6.45, 7) is 28.1. The van der Waals surface area contributed by atoms with Gasteiger partial charge in [-0.25, -0.2) is 4.99 Å². The molecule has 53 heavy (non-hydrogen) atoms. The number of benzene rings is 1. The smallest absolute Gasteiger partial charge is 0.249 e. The molecule has 0 saturated carbocycles. The van der Waals surface area contributed by atoms with Crippen LogP contribution in [0, 0.1) is 11.3 Å². The fourth-order valence-electron chi connectivity index (χ4n) is 8.86. The minimum Gasteiger partial charge on any atom is -0.506 e. The number of amides is 2. The van der Waals surface area contributed by atoms with E-state index in [0.29, 0.717) is 35.4 Å². The fraction of sp³-hybridized carbons (Fsp3) is 0.600. The third-order valence-corrected chi connectivity index (χ3v) is 12.7. The molecule has 1 aromatic carbocycles. The second kappa shape index (κ2) is 15.1. The van der Waals surface area contributed by atoms with Gasteiger partial charge in [0.2, 0.25) is 17.6 Å². The Balaban J connectivity index is 1.74. The molecule has 1 fully saturated rings. The monoisotopic (exact) mass is 724 g/mol. The van der Waals surface area contributed by atoms with Crippen LogP contribution in [-0.4, -0.2) is 57.5 Å². The molecule has 2 N–H and O–H groups in total. The number of allylic oxidation sites excluding steroid dienone is 6. The number of ketones is 1. The normalized spacial score (nSPS) is 24.4. The number of unbranched alkanes of at least 4 members (excludes halogenated alkanes) is 2. The van der Waals surface area contributed by atoms with Gasteiger partial charge in [0.05, 0.1) is 22.5 Å². The van der Waals surface area contributed by atoms with E-state index in [0.717, 1.165) is 54.6 Å². The zero-order valence-electron chi connectivity index (χ0n) is 34.7. The van der Waals surface area contributed by atoms with Crippen LogP contribution in [0.5, 0.6) is 0 Å². The third-order valence-electron chi connectivity index (χ3n) is 12.7. The Bertz CT molecular complexity index is 1840. The molecule has 3 unspecified atom stereocenters. The molecule has 0 spiro atoms. The van der Waals surface area contributed by atoms with Crippen molar-refractivity contribution in [3.63, 3.8) is 0 Å². The minimum absolute atomic E-state index is 0.122. The highest BCUT2D eigenvalue weighted by Gasteiger charge is 2.49. The van der Waals surface area contributed by atoms with Gasteiger partial charge >= 0.3 is 0 Å². The minimum atomic E-state index is -0.317. The predicted molar refractivity (Wildman–Crippen MR) is 218 cm³/mol. The SMILES string of the molecule is CCCCC(=O)Nc1cc2c(cc1C1=C(O)C(=C3C=C4C(=CC3=NC(=O)C(CC)CCCC)N(C(C)C)C(C)C4(C)C)C1=O)C(C)(C)C(C)N2C(C)C. The number of nitrogens with zero attached hydrogens (tertiary/aromatic N) is 3. The Labute approximate surface area is 318 Å². The molecule has 5 rings (SSSR count). The molecule has 288 valence electrons. The molecule has 4 aliphatic rings. The van der Waals surface area contributed by atoms with Gasteiger partial charge in [-0.05, 0) is 96.2 Å². The van der Waals surface area contributed by atoms with Crippen LogP contribution in [0.25, 0.3) is 5.57 Å². The van der Waals surface area contributed by atoms with Gasteiger partial charge in [-0.2, -0.15) is 0 Å². The average Bonchev–Trinajstić information content (AvgIpc) is 3.40. The first-order chi connectivity index (χ1) is 24.8. The highest BCUT2D eigenvalue weighted by Crippen LogP contribution is 2.53. The summed E-state index contributed by atoms with van der Waals surface area (Å²) in [6, 6.07) is 4.75. The van der Waals surface area contributed by atoms with Crippen LogP contribution in [-0.2, 0) is 19.8 Å². The lowest BCUT2D eigenvalue weighted by Gasteiger charge is -2.34. The van der Waals surface area contributed by atoms with Crippen LogP contribution in [0.2, 0.25) is 0 Å². The van der Waals surface area contributed by atoms with Crippen molar-refractivity contribution in [2.24, 2.45) is 16.3 Å². The summed E-state index contributed by atoms with van der Waals surface area (Å²) in [6.07, 6.45) is 9.34. The van der Waals surface area contributed by atoms with E-state index in [1.54, 1.807) is 0 Å². The molecule has 0 aromatic heterocycles. The maximum Gasteiger partial charge on any atom is 0.249 e. The summed E-state index contributed by atoms with van der Waals surface area (Å²) in [7, 11) is 0. The van der Waals surface area contributed by atoms with Gasteiger partial charge in [0, 0.05) is 69.9 Å². The van der Waals surface area contributed by atoms with Crippen molar-refractivity contribution >= 4 is 40.3 Å². The van der Waals surface area contributed by atoms with Gasteiger partial charge in [0.15, 0.2) is 0 Å². The van der Waals surface area contributed by atoms with Gasteiger partial charge in [-0.3, -0.25) is 14.4 Å². The fourth-order valence-corrected chi connectivity index (χ4v) is 8.86. The number of hydrogen-bond donors (Lipinski definition) is 2. The first-order valence-corrected chi connectivity index (χ1v) is 20.2. The number of aliphatic imine (C=N–C) groups is 1. The van der Waals surface area contributed by atoms with E-state index in [-0.39, 0.29) is 75.4 Å². The van der Waals surface area contributed by atoms with Gasteiger partial charge < -0.3 is 20.2 Å². The standard InChI is InChI=1S/C45H64N4O4/c1-14-17-19-29(16-3)43(53)47-35-24-37-33(45(12,13)28(9)49(37)26(6)7)22-31(35)40-41(51)39(42(40)52)30-21-32-36(23-34(30)46-38(50)20-18-15-2)48(25(4)5)27(8)44(32,10)11/h21-29,51H,14-20H2,1-13H3,(H,46,50). The lowest BCUT2D eigenvalue weighted by Crippen LogP contribution is -2.42. The van der Waals surface area contributed by atoms with Crippen molar-refractivity contribution in [1.82, 2.24) is 4.90 Å². The number of carbonyl (C=O) groups is 3. The van der Waals surface area contributed by atoms with Gasteiger partial charge in [-0.15, -0.1) is 0 Å². The number of hydrogen-bond acceptors (Lipinski definition) is 6. The summed E-state index contributed by atoms with van der Waals surface area (Å²) >= 11 is 0. The predicted octanol–water partition coefficient (Wildman–Crippen LogP) is 10.0. The quantitative estimate of drug-likeness (QED) is 0.208. The van der Waals surface area contributed by atoms with Crippen LogP contribution in [0.3, 0.4) is 0 Å². The van der Waals surface area contributed by atoms with Crippen LogP contribution >= 0.6 is 0 Å². The lowest BCUT2D eigenvalue weighted by atomic mass is 9.73. The van der Waals surface area contributed by atoms with Gasteiger partial charge in [-0.1, -0.05) is 67.7 Å². The molecule has 1 saturated heterocycles. The first-order valence-electron chi connectivity index (χ1n) is 20.2. The highest BCUT2D eigenvalue weighted by molar-refractivity contribution is 6.42. The van der Waals surface area contributed by atoms with Crippen molar-refractivity contribution in [2.75, 3.05) is 10.2 Å². The molecule has 3 atom stereocenters. The molecule has 2 amide bonds. The van der Waals surface area contributed by atoms with E-state index >= 15 is 0 Å². The Morgan fingerprint density at radius 3 is 2.08 bits per heavy atom. The molecule has 2 heterocycles.